The topological polar surface area (TPSA) is 158 Å². The van der Waals surface area contributed by atoms with Gasteiger partial charge in [0, 0.05) is 27.9 Å². The Morgan fingerprint density at radius 2 is 1.63 bits per heavy atom. The van der Waals surface area contributed by atoms with Crippen LogP contribution in [-0.4, -0.2) is 59.5 Å². The van der Waals surface area contributed by atoms with Crippen molar-refractivity contribution in [3.8, 4) is 28.4 Å². The van der Waals surface area contributed by atoms with E-state index in [-0.39, 0.29) is 44.2 Å². The Balaban J connectivity index is 1.99. The summed E-state index contributed by atoms with van der Waals surface area (Å²) in [6.07, 6.45) is 1.10. The first-order chi connectivity index (χ1) is 20.2. The number of nitrogens with zero attached hydrogens (tertiary/aromatic N) is 1. The minimum Gasteiger partial charge on any atom is -0.505 e. The Hall–Kier alpha value is -4.51. The molecule has 1 unspecified atom stereocenters. The van der Waals surface area contributed by atoms with Crippen LogP contribution in [-0.2, 0) is 10.6 Å². The molecule has 4 rings (SSSR count). The highest BCUT2D eigenvalue weighted by molar-refractivity contribution is 6.40. The van der Waals surface area contributed by atoms with Gasteiger partial charge >= 0.3 is 0 Å². The second-order valence-corrected chi connectivity index (χ2v) is 10.8. The van der Waals surface area contributed by atoms with Gasteiger partial charge in [-0.3, -0.25) is 19.0 Å². The number of anilines is 1. The maximum absolute atomic E-state index is 13.8. The van der Waals surface area contributed by atoms with Crippen LogP contribution in [0.2, 0.25) is 5.02 Å². The maximum atomic E-state index is 13.8. The summed E-state index contributed by atoms with van der Waals surface area (Å²) >= 11 is 6.20. The van der Waals surface area contributed by atoms with Crippen LogP contribution in [0.1, 0.15) is 34.5 Å². The number of hydrogen-bond acceptors (Lipinski definition) is 8. The first-order valence-corrected chi connectivity index (χ1v) is 13.5. The predicted molar refractivity (Wildman–Crippen MR) is 169 cm³/mol. The van der Waals surface area contributed by atoms with Crippen LogP contribution >= 0.6 is 11.6 Å². The molecular weight excluding hydrogens is 573 g/mol. The number of carbonyl (C=O) groups is 2. The molecule has 13 heteroatoms. The largest absolute Gasteiger partial charge is 0.505 e. The maximum Gasteiger partial charge on any atom is 0.253 e. The average molecular weight is 603 g/mol. The summed E-state index contributed by atoms with van der Waals surface area (Å²) in [4.78, 5) is 40.0. The van der Waals surface area contributed by atoms with Gasteiger partial charge < -0.3 is 30.5 Å². The number of rotatable bonds is 8. The summed E-state index contributed by atoms with van der Waals surface area (Å²) in [5.74, 6) is -6.06. The molecule has 43 heavy (non-hydrogen) atoms. The van der Waals surface area contributed by atoms with Crippen LogP contribution in [0.4, 0.5) is 5.69 Å². The van der Waals surface area contributed by atoms with E-state index < -0.39 is 40.4 Å². The molecule has 0 aliphatic heterocycles. The van der Waals surface area contributed by atoms with Gasteiger partial charge in [-0.15, -0.1) is 0 Å². The smallest absolute Gasteiger partial charge is 0.253 e. The number of halogens is 1. The van der Waals surface area contributed by atoms with Crippen LogP contribution in [0.15, 0.2) is 65.6 Å². The van der Waals surface area contributed by atoms with E-state index in [0.717, 1.165) is 22.4 Å². The standard InChI is InChI=1S/C30H29B2ClN2O8/c1-14-4-7-17(8-5-14)34-29(40)28(30(41,42)25-21(31)12-22(32)26(38)27(25)39)35-13-23(43-3)20(11-24(35)37)19-10-16(33)6-9-18(19)15(2)36/h4-13,28,38-39,41-42H,31-32H2,1-3H3,(H,34,40). The molecule has 0 saturated heterocycles. The zero-order valence-corrected chi connectivity index (χ0v) is 24.9. The van der Waals surface area contributed by atoms with Crippen LogP contribution < -0.4 is 26.5 Å². The number of phenolic OH excluding ortho intramolecular Hbond substituents is 2. The average Bonchev–Trinajstić information content (AvgIpc) is 2.93. The van der Waals surface area contributed by atoms with Crippen molar-refractivity contribution in [2.45, 2.75) is 25.7 Å². The van der Waals surface area contributed by atoms with E-state index in [1.807, 2.05) is 6.92 Å². The second kappa shape index (κ2) is 12.0. The summed E-state index contributed by atoms with van der Waals surface area (Å²) in [5, 5.41) is 47.4. The summed E-state index contributed by atoms with van der Waals surface area (Å²) < 4.78 is 6.28. The third kappa shape index (κ3) is 6.03. The van der Waals surface area contributed by atoms with Gasteiger partial charge in [0.1, 0.15) is 21.4 Å². The molecule has 4 aromatic rings. The van der Waals surface area contributed by atoms with Gasteiger partial charge in [0.2, 0.25) is 5.79 Å². The molecule has 0 spiro atoms. The number of aromatic hydroxyl groups is 2. The van der Waals surface area contributed by atoms with E-state index in [4.69, 9.17) is 16.3 Å². The van der Waals surface area contributed by atoms with E-state index in [0.29, 0.717) is 5.69 Å². The van der Waals surface area contributed by atoms with Crippen molar-refractivity contribution >= 4 is 55.6 Å². The molecule has 10 nitrogen and oxygen atoms in total. The van der Waals surface area contributed by atoms with E-state index in [2.05, 4.69) is 5.32 Å². The van der Waals surface area contributed by atoms with Crippen molar-refractivity contribution in [2.75, 3.05) is 12.4 Å². The van der Waals surface area contributed by atoms with Crippen LogP contribution in [0.3, 0.4) is 0 Å². The molecule has 0 saturated carbocycles. The number of phenols is 2. The number of ketones is 1. The summed E-state index contributed by atoms with van der Waals surface area (Å²) in [5.41, 5.74) is 0.841. The Morgan fingerprint density at radius 1 is 0.977 bits per heavy atom. The van der Waals surface area contributed by atoms with Gasteiger partial charge in [-0.1, -0.05) is 40.8 Å². The van der Waals surface area contributed by atoms with Crippen LogP contribution in [0, 0.1) is 6.92 Å². The number of aliphatic hydroxyl groups is 2. The SMILES string of the molecule is Bc1cc(B)c(C(O)(O)C(C(=O)Nc2ccc(C)cc2)n2cc(OC)c(-c3cc(Cl)ccc3C(C)=O)cc2=O)c(O)c1O. The molecule has 5 N–H and O–H groups in total. The molecule has 1 amide bonds. The van der Waals surface area contributed by atoms with Gasteiger partial charge in [-0.2, -0.15) is 0 Å². The number of Topliss-reactive ketones (excluding diaryl/α,β-unsaturated/α-hetero) is 1. The third-order valence-corrected chi connectivity index (χ3v) is 7.41. The third-order valence-electron chi connectivity index (χ3n) is 7.17. The van der Waals surface area contributed by atoms with Gasteiger partial charge in [-0.05, 0) is 55.2 Å². The number of amides is 1. The molecule has 220 valence electrons. The molecule has 0 aliphatic carbocycles. The Labute approximate surface area is 254 Å². The highest BCUT2D eigenvalue weighted by Gasteiger charge is 2.47. The van der Waals surface area contributed by atoms with Crippen molar-refractivity contribution in [1.29, 1.82) is 0 Å². The fraction of sp³-hybridized carbons (Fsp3) is 0.167. The van der Waals surface area contributed by atoms with Crippen molar-refractivity contribution in [2.24, 2.45) is 0 Å². The number of ether oxygens (including phenoxy) is 1. The number of pyridine rings is 1. The molecule has 0 fully saturated rings. The fourth-order valence-electron chi connectivity index (χ4n) is 5.06. The Bertz CT molecular complexity index is 1810. The van der Waals surface area contributed by atoms with Crippen molar-refractivity contribution in [1.82, 2.24) is 4.57 Å². The summed E-state index contributed by atoms with van der Waals surface area (Å²) in [6.45, 7) is 3.20. The number of methoxy groups -OCH3 is 1. The Kier molecular flexibility index (Phi) is 8.77. The molecule has 1 heterocycles. The molecule has 0 aliphatic rings. The predicted octanol–water partition coefficient (Wildman–Crippen LogP) is 0.634. The lowest BCUT2D eigenvalue weighted by atomic mass is 9.78. The monoisotopic (exact) mass is 602 g/mol. The molecule has 3 aromatic carbocycles. The first kappa shape index (κ1) is 31.4. The number of hydrogen-bond donors (Lipinski definition) is 5. The Morgan fingerprint density at radius 3 is 2.23 bits per heavy atom. The number of aryl methyl sites for hydroxylation is 1. The summed E-state index contributed by atoms with van der Waals surface area (Å²) in [6, 6.07) is 11.5. The molecule has 1 atom stereocenters. The van der Waals surface area contributed by atoms with Crippen LogP contribution in [0.5, 0.6) is 17.2 Å². The zero-order chi connectivity index (χ0) is 31.8. The summed E-state index contributed by atoms with van der Waals surface area (Å²) in [7, 11) is 4.25. The molecule has 0 radical (unpaired) electrons. The lowest BCUT2D eigenvalue weighted by molar-refractivity contribution is -0.203. The molecule has 1 aromatic heterocycles. The van der Waals surface area contributed by atoms with Gasteiger partial charge in [-0.25, -0.2) is 0 Å². The van der Waals surface area contributed by atoms with E-state index in [1.54, 1.807) is 24.3 Å². The highest BCUT2D eigenvalue weighted by atomic mass is 35.5. The zero-order valence-electron chi connectivity index (χ0n) is 24.1. The first-order valence-electron chi connectivity index (χ1n) is 13.1. The minimum atomic E-state index is -3.24. The lowest BCUT2D eigenvalue weighted by Gasteiger charge is -2.34. The fourth-order valence-corrected chi connectivity index (χ4v) is 5.23. The van der Waals surface area contributed by atoms with Gasteiger partial charge in [0.25, 0.3) is 11.5 Å². The normalized spacial score (nSPS) is 12.0. The van der Waals surface area contributed by atoms with Crippen molar-refractivity contribution < 1.29 is 34.8 Å². The molecule has 0 bridgehead atoms. The minimum absolute atomic E-state index is 0.000926. The number of carbonyl (C=O) groups excluding carboxylic acids is 2. The quantitative estimate of drug-likeness (QED) is 0.0851. The van der Waals surface area contributed by atoms with E-state index in [1.165, 1.54) is 54.0 Å². The van der Waals surface area contributed by atoms with Gasteiger partial charge in [0.15, 0.2) is 23.3 Å². The van der Waals surface area contributed by atoms with E-state index >= 15 is 0 Å². The molecular formula is C30H29B2ClN2O8. The second-order valence-electron chi connectivity index (χ2n) is 10.3. The van der Waals surface area contributed by atoms with Gasteiger partial charge in [0.05, 0.1) is 18.9 Å². The highest BCUT2D eigenvalue weighted by Crippen LogP contribution is 2.40. The lowest BCUT2D eigenvalue weighted by Crippen LogP contribution is -2.49. The number of aromatic nitrogens is 1. The van der Waals surface area contributed by atoms with Crippen molar-refractivity contribution in [3.63, 3.8) is 0 Å². The van der Waals surface area contributed by atoms with Crippen LogP contribution in [0.25, 0.3) is 11.1 Å². The van der Waals surface area contributed by atoms with Crippen molar-refractivity contribution in [3.05, 3.63) is 92.9 Å². The number of benzene rings is 3. The van der Waals surface area contributed by atoms with E-state index in [9.17, 15) is 34.8 Å². The number of nitrogens with one attached hydrogen (secondary N) is 1.